The molecule has 0 spiro atoms. The van der Waals surface area contributed by atoms with Gasteiger partial charge in [0.2, 0.25) is 5.78 Å². The number of hydrogen-bond donors (Lipinski definition) is 0. The first-order valence-corrected chi connectivity index (χ1v) is 6.33. The molecule has 0 atom stereocenters. The number of hydrogen-bond acceptors (Lipinski definition) is 6. The van der Waals surface area contributed by atoms with Gasteiger partial charge in [-0.15, -0.1) is 0 Å². The zero-order valence-electron chi connectivity index (χ0n) is 11.4. The smallest absolute Gasteiger partial charge is 0.269 e. The van der Waals surface area contributed by atoms with Gasteiger partial charge in [-0.3, -0.25) is 24.5 Å². The van der Waals surface area contributed by atoms with Gasteiger partial charge in [0.25, 0.3) is 5.69 Å². The van der Waals surface area contributed by atoms with E-state index in [2.05, 4.69) is 0 Å². The van der Waals surface area contributed by atoms with Crippen molar-refractivity contribution in [2.75, 3.05) is 0 Å². The minimum absolute atomic E-state index is 0.0659. The molecule has 1 aromatic heterocycles. The van der Waals surface area contributed by atoms with Gasteiger partial charge >= 0.3 is 0 Å². The lowest BCUT2D eigenvalue weighted by atomic mass is 10.0. The number of rotatable bonds is 7. The van der Waals surface area contributed by atoms with E-state index in [9.17, 15) is 24.5 Å². The summed E-state index contributed by atoms with van der Waals surface area (Å²) in [4.78, 5) is 45.2. The average molecular weight is 301 g/mol. The lowest BCUT2D eigenvalue weighted by Gasteiger charge is -2.00. The predicted octanol–water partition coefficient (Wildman–Crippen LogP) is 2.60. The molecule has 0 fully saturated rings. The topological polar surface area (TPSA) is 107 Å². The molecule has 7 heteroatoms. The Bertz CT molecular complexity index is 715. The van der Waals surface area contributed by atoms with Gasteiger partial charge in [-0.1, -0.05) is 0 Å². The molecule has 1 heterocycles. The van der Waals surface area contributed by atoms with Crippen molar-refractivity contribution in [3.63, 3.8) is 0 Å². The van der Waals surface area contributed by atoms with Crippen LogP contribution in [0.1, 0.15) is 33.8 Å². The van der Waals surface area contributed by atoms with Gasteiger partial charge in [0, 0.05) is 17.7 Å². The molecule has 0 aliphatic rings. The van der Waals surface area contributed by atoms with E-state index in [1.165, 1.54) is 42.7 Å². The molecule has 0 unspecified atom stereocenters. The van der Waals surface area contributed by atoms with Crippen LogP contribution in [0, 0.1) is 10.1 Å². The number of Topliss-reactive ketones (excluding diaryl/α,β-unsaturated/α-hetero) is 3. The fourth-order valence-corrected chi connectivity index (χ4v) is 1.82. The van der Waals surface area contributed by atoms with Gasteiger partial charge in [-0.2, -0.15) is 0 Å². The lowest BCUT2D eigenvalue weighted by Crippen LogP contribution is -2.12. The Balaban J connectivity index is 1.95. The number of furan rings is 1. The highest BCUT2D eigenvalue weighted by Gasteiger charge is 2.18. The molecule has 2 aromatic rings. The van der Waals surface area contributed by atoms with Crippen LogP contribution in [0.15, 0.2) is 47.1 Å². The van der Waals surface area contributed by atoms with Crippen molar-refractivity contribution in [2.45, 2.75) is 12.8 Å². The van der Waals surface area contributed by atoms with E-state index in [1.807, 2.05) is 0 Å². The Morgan fingerprint density at radius 2 is 1.64 bits per heavy atom. The zero-order valence-corrected chi connectivity index (χ0v) is 11.4. The van der Waals surface area contributed by atoms with E-state index in [0.29, 0.717) is 0 Å². The molecule has 2 rings (SSSR count). The van der Waals surface area contributed by atoms with Crippen molar-refractivity contribution in [3.8, 4) is 0 Å². The summed E-state index contributed by atoms with van der Waals surface area (Å²) in [5.41, 5.74) is 0.0419. The van der Waals surface area contributed by atoms with Crippen molar-refractivity contribution in [1.29, 1.82) is 0 Å². The first kappa shape index (κ1) is 15.3. The van der Waals surface area contributed by atoms with Crippen LogP contribution in [0.5, 0.6) is 0 Å². The summed E-state index contributed by atoms with van der Waals surface area (Å²) >= 11 is 0. The standard InChI is InChI=1S/C15H11NO6/c17-12(9-14(19)15-2-1-7-22-15)8-13(18)10-3-5-11(6-4-10)16(20)21/h1-7H,8-9H2. The Labute approximate surface area is 124 Å². The third kappa shape index (κ3) is 3.72. The number of nitro benzene ring substituents is 1. The van der Waals surface area contributed by atoms with Gasteiger partial charge in [0.15, 0.2) is 11.5 Å². The van der Waals surface area contributed by atoms with E-state index in [1.54, 1.807) is 0 Å². The van der Waals surface area contributed by atoms with Crippen LogP contribution in [-0.4, -0.2) is 22.3 Å². The molecule has 0 saturated carbocycles. The van der Waals surface area contributed by atoms with Crippen LogP contribution in [0.25, 0.3) is 0 Å². The van der Waals surface area contributed by atoms with Gasteiger partial charge in [0.05, 0.1) is 24.0 Å². The summed E-state index contributed by atoms with van der Waals surface area (Å²) in [5, 5.41) is 10.5. The lowest BCUT2D eigenvalue weighted by molar-refractivity contribution is -0.384. The average Bonchev–Trinajstić information content (AvgIpc) is 3.01. The van der Waals surface area contributed by atoms with Crippen molar-refractivity contribution in [3.05, 3.63) is 64.1 Å². The largest absolute Gasteiger partial charge is 0.461 e. The minimum atomic E-state index is -0.582. The maximum atomic E-state index is 11.9. The number of nitrogens with zero attached hydrogens (tertiary/aromatic N) is 1. The number of nitro groups is 1. The summed E-state index contributed by atoms with van der Waals surface area (Å²) in [6.45, 7) is 0. The quantitative estimate of drug-likeness (QED) is 0.336. The van der Waals surface area contributed by atoms with E-state index in [0.717, 1.165) is 0 Å². The molecular weight excluding hydrogens is 290 g/mol. The molecule has 0 N–H and O–H groups in total. The highest BCUT2D eigenvalue weighted by molar-refractivity contribution is 6.14. The summed E-state index contributed by atoms with van der Waals surface area (Å²) in [6, 6.07) is 7.90. The van der Waals surface area contributed by atoms with Crippen molar-refractivity contribution in [1.82, 2.24) is 0 Å². The van der Waals surface area contributed by atoms with Gasteiger partial charge < -0.3 is 4.42 Å². The van der Waals surface area contributed by atoms with Crippen LogP contribution in [0.4, 0.5) is 5.69 Å². The molecule has 0 amide bonds. The number of benzene rings is 1. The Morgan fingerprint density at radius 1 is 1.00 bits per heavy atom. The number of non-ortho nitro benzene ring substituents is 1. The molecular formula is C15H11NO6. The van der Waals surface area contributed by atoms with Crippen LogP contribution in [0.3, 0.4) is 0 Å². The molecule has 0 radical (unpaired) electrons. The molecule has 0 saturated heterocycles. The molecule has 0 bridgehead atoms. The fraction of sp³-hybridized carbons (Fsp3) is 0.133. The normalized spacial score (nSPS) is 10.2. The highest BCUT2D eigenvalue weighted by Crippen LogP contribution is 2.14. The maximum Gasteiger partial charge on any atom is 0.269 e. The maximum absolute atomic E-state index is 11.9. The highest BCUT2D eigenvalue weighted by atomic mass is 16.6. The van der Waals surface area contributed by atoms with E-state index in [4.69, 9.17) is 4.42 Å². The summed E-state index contributed by atoms with van der Waals surface area (Å²) in [6.07, 6.45) is 0.455. The zero-order chi connectivity index (χ0) is 16.1. The Hall–Kier alpha value is -3.09. The fourth-order valence-electron chi connectivity index (χ4n) is 1.82. The monoisotopic (exact) mass is 301 g/mol. The van der Waals surface area contributed by atoms with Gasteiger partial charge in [-0.05, 0) is 24.3 Å². The third-order valence-corrected chi connectivity index (χ3v) is 2.91. The van der Waals surface area contributed by atoms with Gasteiger partial charge in [-0.25, -0.2) is 0 Å². The molecule has 1 aromatic carbocycles. The molecule has 7 nitrogen and oxygen atoms in total. The minimum Gasteiger partial charge on any atom is -0.461 e. The van der Waals surface area contributed by atoms with Crippen molar-refractivity contribution >= 4 is 23.0 Å². The second kappa shape index (κ2) is 6.57. The van der Waals surface area contributed by atoms with Crippen LogP contribution < -0.4 is 0 Å². The second-order valence-electron chi connectivity index (χ2n) is 4.52. The third-order valence-electron chi connectivity index (χ3n) is 2.91. The van der Waals surface area contributed by atoms with Crippen LogP contribution in [-0.2, 0) is 4.79 Å². The molecule has 112 valence electrons. The van der Waals surface area contributed by atoms with Crippen molar-refractivity contribution < 1.29 is 23.7 Å². The number of ketones is 3. The summed E-state index contributed by atoms with van der Waals surface area (Å²) in [7, 11) is 0. The Morgan fingerprint density at radius 3 is 2.18 bits per heavy atom. The van der Waals surface area contributed by atoms with Crippen molar-refractivity contribution in [2.24, 2.45) is 0 Å². The number of carbonyl (C=O) groups excluding carboxylic acids is 3. The molecule has 0 aliphatic heterocycles. The first-order chi connectivity index (χ1) is 10.5. The summed E-state index contributed by atoms with van der Waals surface area (Å²) < 4.78 is 4.87. The first-order valence-electron chi connectivity index (χ1n) is 6.33. The van der Waals surface area contributed by atoms with Crippen LogP contribution in [0.2, 0.25) is 0 Å². The number of carbonyl (C=O) groups is 3. The van der Waals surface area contributed by atoms with E-state index < -0.39 is 35.1 Å². The van der Waals surface area contributed by atoms with Gasteiger partial charge in [0.1, 0.15) is 5.78 Å². The van der Waals surface area contributed by atoms with Crippen LogP contribution >= 0.6 is 0 Å². The second-order valence-corrected chi connectivity index (χ2v) is 4.52. The molecule has 22 heavy (non-hydrogen) atoms. The SMILES string of the molecule is O=C(CC(=O)c1ccc([N+](=O)[O-])cc1)CC(=O)c1ccco1. The van der Waals surface area contributed by atoms with E-state index >= 15 is 0 Å². The molecule has 0 aliphatic carbocycles. The predicted molar refractivity (Wildman–Crippen MR) is 74.7 cm³/mol. The Kier molecular flexibility index (Phi) is 4.57. The summed E-state index contributed by atoms with van der Waals surface area (Å²) in [5.74, 6) is -1.46. The van der Waals surface area contributed by atoms with E-state index in [-0.39, 0.29) is 17.0 Å².